The van der Waals surface area contributed by atoms with E-state index in [1.165, 1.54) is 11.8 Å². The second kappa shape index (κ2) is 5.96. The molecule has 1 heterocycles. The number of ether oxygens (including phenoxy) is 2. The van der Waals surface area contributed by atoms with Gasteiger partial charge in [-0.15, -0.1) is 0 Å². The Kier molecular flexibility index (Phi) is 4.27. The van der Waals surface area contributed by atoms with Gasteiger partial charge in [-0.2, -0.15) is 11.8 Å². The highest BCUT2D eigenvalue weighted by Crippen LogP contribution is 2.25. The van der Waals surface area contributed by atoms with E-state index in [1.807, 2.05) is 6.26 Å². The molecule has 21 heavy (non-hydrogen) atoms. The summed E-state index contributed by atoms with van der Waals surface area (Å²) in [5.74, 6) is -3.55. The Balaban J connectivity index is 2.43. The van der Waals surface area contributed by atoms with E-state index in [4.69, 9.17) is 9.84 Å². The number of carbonyl (C=O) groups excluding carboxylic acids is 3. The SMILES string of the molecule is CSCCOC(=O)c1cc2c(cc1C(=O)O)C(=O)OC2=O. The molecule has 8 heteroatoms. The topological polar surface area (TPSA) is 107 Å². The summed E-state index contributed by atoms with van der Waals surface area (Å²) in [5, 5.41) is 9.12. The van der Waals surface area contributed by atoms with E-state index in [0.717, 1.165) is 12.1 Å². The Morgan fingerprint density at radius 3 is 2.29 bits per heavy atom. The van der Waals surface area contributed by atoms with Gasteiger partial charge in [0.15, 0.2) is 0 Å². The summed E-state index contributed by atoms with van der Waals surface area (Å²) in [5.41, 5.74) is -0.997. The number of hydrogen-bond acceptors (Lipinski definition) is 7. The highest BCUT2D eigenvalue weighted by Gasteiger charge is 2.33. The summed E-state index contributed by atoms with van der Waals surface area (Å²) in [4.78, 5) is 45.9. The molecule has 0 saturated heterocycles. The van der Waals surface area contributed by atoms with Gasteiger partial charge in [0.1, 0.15) is 6.61 Å². The predicted octanol–water partition coefficient (Wildman–Crippen LogP) is 1.22. The molecule has 0 bridgehead atoms. The van der Waals surface area contributed by atoms with Crippen molar-refractivity contribution in [1.82, 2.24) is 0 Å². The molecule has 0 spiro atoms. The molecule has 0 fully saturated rings. The van der Waals surface area contributed by atoms with Crippen molar-refractivity contribution in [2.24, 2.45) is 0 Å². The zero-order valence-corrected chi connectivity index (χ0v) is 11.7. The van der Waals surface area contributed by atoms with Crippen LogP contribution in [0.15, 0.2) is 12.1 Å². The van der Waals surface area contributed by atoms with Crippen molar-refractivity contribution < 1.29 is 33.8 Å². The number of benzene rings is 1. The van der Waals surface area contributed by atoms with Crippen LogP contribution in [-0.2, 0) is 9.47 Å². The van der Waals surface area contributed by atoms with Crippen molar-refractivity contribution in [3.63, 3.8) is 0 Å². The molecule has 0 aliphatic carbocycles. The summed E-state index contributed by atoms with van der Waals surface area (Å²) < 4.78 is 9.29. The maximum atomic E-state index is 11.9. The molecule has 1 aromatic rings. The molecule has 0 atom stereocenters. The number of esters is 3. The third-order valence-electron chi connectivity index (χ3n) is 2.75. The van der Waals surface area contributed by atoms with Gasteiger partial charge in [0, 0.05) is 5.75 Å². The van der Waals surface area contributed by atoms with Crippen molar-refractivity contribution in [2.45, 2.75) is 0 Å². The largest absolute Gasteiger partial charge is 0.478 e. The second-order valence-electron chi connectivity index (χ2n) is 4.05. The quantitative estimate of drug-likeness (QED) is 0.491. The van der Waals surface area contributed by atoms with Gasteiger partial charge in [-0.1, -0.05) is 0 Å². The van der Waals surface area contributed by atoms with Gasteiger partial charge in [0.25, 0.3) is 0 Å². The molecule has 1 aliphatic rings. The Morgan fingerprint density at radius 1 is 1.19 bits per heavy atom. The van der Waals surface area contributed by atoms with Crippen LogP contribution in [0.4, 0.5) is 0 Å². The third-order valence-corrected chi connectivity index (χ3v) is 3.33. The number of cyclic esters (lactones) is 2. The highest BCUT2D eigenvalue weighted by atomic mass is 32.2. The van der Waals surface area contributed by atoms with Crippen molar-refractivity contribution >= 4 is 35.6 Å². The Morgan fingerprint density at radius 2 is 1.76 bits per heavy atom. The van der Waals surface area contributed by atoms with Crippen molar-refractivity contribution in [1.29, 1.82) is 0 Å². The smallest absolute Gasteiger partial charge is 0.346 e. The van der Waals surface area contributed by atoms with E-state index < -0.39 is 29.4 Å². The van der Waals surface area contributed by atoms with Crippen LogP contribution >= 0.6 is 11.8 Å². The first-order chi connectivity index (χ1) is 9.95. The van der Waals surface area contributed by atoms with Gasteiger partial charge >= 0.3 is 23.9 Å². The Labute approximate surface area is 123 Å². The average molecular weight is 310 g/mol. The standard InChI is InChI=1S/C13H10O7S/c1-21-3-2-19-11(16)7-5-9-8(4-6(7)10(14)15)12(17)20-13(9)18/h4-5H,2-3H2,1H3,(H,14,15). The fourth-order valence-corrected chi connectivity index (χ4v) is 2.02. The number of aromatic carboxylic acids is 1. The normalized spacial score (nSPS) is 12.8. The molecule has 2 rings (SSSR count). The maximum Gasteiger partial charge on any atom is 0.346 e. The van der Waals surface area contributed by atoms with E-state index in [9.17, 15) is 19.2 Å². The van der Waals surface area contributed by atoms with Crippen LogP contribution in [0.1, 0.15) is 41.4 Å². The zero-order valence-electron chi connectivity index (χ0n) is 10.9. The number of carboxylic acids is 1. The van der Waals surface area contributed by atoms with Crippen LogP contribution in [-0.4, -0.2) is 47.6 Å². The maximum absolute atomic E-state index is 11.9. The van der Waals surface area contributed by atoms with Crippen molar-refractivity contribution in [3.8, 4) is 0 Å². The van der Waals surface area contributed by atoms with Gasteiger partial charge in [-0.25, -0.2) is 19.2 Å². The summed E-state index contributed by atoms with van der Waals surface area (Å²) in [6.07, 6.45) is 1.83. The third kappa shape index (κ3) is 2.89. The monoisotopic (exact) mass is 310 g/mol. The Bertz CT molecular complexity index is 650. The average Bonchev–Trinajstić information content (AvgIpc) is 2.72. The van der Waals surface area contributed by atoms with Crippen LogP contribution < -0.4 is 0 Å². The minimum Gasteiger partial charge on any atom is -0.478 e. The molecule has 0 aromatic heterocycles. The van der Waals surface area contributed by atoms with Gasteiger partial charge in [0.05, 0.1) is 22.3 Å². The summed E-state index contributed by atoms with van der Waals surface area (Å²) >= 11 is 1.46. The van der Waals surface area contributed by atoms with Crippen molar-refractivity contribution in [3.05, 3.63) is 34.4 Å². The first-order valence-corrected chi connectivity index (χ1v) is 7.19. The van der Waals surface area contributed by atoms with E-state index in [-0.39, 0.29) is 23.3 Å². The molecular formula is C13H10O7S. The lowest BCUT2D eigenvalue weighted by molar-refractivity contribution is 0.0442. The van der Waals surface area contributed by atoms with E-state index in [1.54, 1.807) is 0 Å². The number of carboxylic acid groups (broad SMARTS) is 1. The van der Waals surface area contributed by atoms with E-state index in [2.05, 4.69) is 4.74 Å². The summed E-state index contributed by atoms with van der Waals surface area (Å²) in [6.45, 7) is 0.111. The first kappa shape index (κ1) is 15.0. The predicted molar refractivity (Wildman–Crippen MR) is 71.8 cm³/mol. The molecule has 0 radical (unpaired) electrons. The van der Waals surface area contributed by atoms with Crippen LogP contribution in [0.2, 0.25) is 0 Å². The molecule has 7 nitrogen and oxygen atoms in total. The number of fused-ring (bicyclic) bond motifs is 1. The Hall–Kier alpha value is -2.35. The molecule has 110 valence electrons. The second-order valence-corrected chi connectivity index (χ2v) is 5.04. The van der Waals surface area contributed by atoms with Gasteiger partial charge < -0.3 is 14.6 Å². The van der Waals surface area contributed by atoms with Gasteiger partial charge in [0.2, 0.25) is 0 Å². The lowest BCUT2D eigenvalue weighted by Gasteiger charge is -2.07. The minimum atomic E-state index is -1.40. The minimum absolute atomic E-state index is 0.111. The van der Waals surface area contributed by atoms with Crippen LogP contribution in [0.5, 0.6) is 0 Å². The summed E-state index contributed by atoms with van der Waals surface area (Å²) in [6, 6.07) is 1.98. The van der Waals surface area contributed by atoms with Crippen molar-refractivity contribution in [2.75, 3.05) is 18.6 Å². The molecular weight excluding hydrogens is 300 g/mol. The molecule has 1 aromatic carbocycles. The fraction of sp³-hybridized carbons (Fsp3) is 0.231. The van der Waals surface area contributed by atoms with Crippen LogP contribution in [0.3, 0.4) is 0 Å². The molecule has 0 amide bonds. The lowest BCUT2D eigenvalue weighted by atomic mass is 9.99. The summed E-state index contributed by atoms with van der Waals surface area (Å²) in [7, 11) is 0. The highest BCUT2D eigenvalue weighted by molar-refractivity contribution is 7.98. The molecule has 1 aliphatic heterocycles. The molecule has 0 unspecified atom stereocenters. The van der Waals surface area contributed by atoms with E-state index in [0.29, 0.717) is 5.75 Å². The molecule has 1 N–H and O–H groups in total. The van der Waals surface area contributed by atoms with Crippen LogP contribution in [0, 0.1) is 0 Å². The van der Waals surface area contributed by atoms with Gasteiger partial charge in [-0.05, 0) is 18.4 Å². The zero-order chi connectivity index (χ0) is 15.6. The fourth-order valence-electron chi connectivity index (χ4n) is 1.77. The lowest BCUT2D eigenvalue weighted by Crippen LogP contribution is -2.15. The van der Waals surface area contributed by atoms with E-state index >= 15 is 0 Å². The number of thioether (sulfide) groups is 1. The number of hydrogen-bond donors (Lipinski definition) is 1. The number of rotatable bonds is 5. The number of carbonyl (C=O) groups is 4. The van der Waals surface area contributed by atoms with Gasteiger partial charge in [-0.3, -0.25) is 0 Å². The molecule has 0 saturated carbocycles. The van der Waals surface area contributed by atoms with Crippen LogP contribution in [0.25, 0.3) is 0 Å². The first-order valence-electron chi connectivity index (χ1n) is 5.79.